The molecule has 1 aliphatic heterocycles. The lowest BCUT2D eigenvalue weighted by atomic mass is 10.00. The van der Waals surface area contributed by atoms with E-state index >= 15 is 0 Å². The molecule has 1 atom stereocenters. The SMILES string of the molecule is CC(C)=CC(=O)N1CCc2sccc2C1C(=O)O. The van der Waals surface area contributed by atoms with Crippen molar-refractivity contribution in [3.8, 4) is 0 Å². The van der Waals surface area contributed by atoms with Crippen LogP contribution in [-0.2, 0) is 16.0 Å². The summed E-state index contributed by atoms with van der Waals surface area (Å²) in [5, 5.41) is 11.2. The second-order valence-electron chi connectivity index (χ2n) is 4.54. The monoisotopic (exact) mass is 265 g/mol. The molecule has 0 aliphatic carbocycles. The normalized spacial score (nSPS) is 18.1. The summed E-state index contributed by atoms with van der Waals surface area (Å²) in [5.41, 5.74) is 1.63. The molecule has 1 aliphatic rings. The van der Waals surface area contributed by atoms with Crippen LogP contribution in [0.25, 0.3) is 0 Å². The third-order valence-corrected chi connectivity index (χ3v) is 3.89. The second-order valence-corrected chi connectivity index (χ2v) is 5.54. The molecular weight excluding hydrogens is 250 g/mol. The fourth-order valence-electron chi connectivity index (χ4n) is 2.15. The third kappa shape index (κ3) is 2.31. The first kappa shape index (κ1) is 12.8. The Morgan fingerprint density at radius 1 is 1.50 bits per heavy atom. The van der Waals surface area contributed by atoms with Gasteiger partial charge in [0.1, 0.15) is 0 Å². The molecule has 0 spiro atoms. The van der Waals surface area contributed by atoms with Crippen molar-refractivity contribution in [2.75, 3.05) is 6.54 Å². The largest absolute Gasteiger partial charge is 0.479 e. The lowest BCUT2D eigenvalue weighted by Crippen LogP contribution is -2.42. The number of fused-ring (bicyclic) bond motifs is 1. The van der Waals surface area contributed by atoms with Crippen LogP contribution in [0.15, 0.2) is 23.1 Å². The Hall–Kier alpha value is -1.62. The number of carbonyl (C=O) groups is 2. The zero-order valence-corrected chi connectivity index (χ0v) is 11.2. The van der Waals surface area contributed by atoms with Crippen molar-refractivity contribution >= 4 is 23.2 Å². The Bertz CT molecular complexity index is 514. The van der Waals surface area contributed by atoms with Crippen LogP contribution < -0.4 is 0 Å². The van der Waals surface area contributed by atoms with Gasteiger partial charge in [0.25, 0.3) is 0 Å². The van der Waals surface area contributed by atoms with Gasteiger partial charge in [-0.1, -0.05) is 5.57 Å². The topological polar surface area (TPSA) is 57.6 Å². The number of carboxylic acids is 1. The van der Waals surface area contributed by atoms with Crippen LogP contribution in [0.3, 0.4) is 0 Å². The highest BCUT2D eigenvalue weighted by Gasteiger charge is 2.35. The lowest BCUT2D eigenvalue weighted by molar-refractivity contribution is -0.149. The average Bonchev–Trinajstić information content (AvgIpc) is 2.73. The molecule has 1 unspecified atom stereocenters. The highest BCUT2D eigenvalue weighted by atomic mass is 32.1. The van der Waals surface area contributed by atoms with Crippen LogP contribution in [0.5, 0.6) is 0 Å². The minimum absolute atomic E-state index is 0.223. The number of carboxylic acid groups (broad SMARTS) is 1. The Morgan fingerprint density at radius 2 is 2.22 bits per heavy atom. The number of hydrogen-bond acceptors (Lipinski definition) is 3. The van der Waals surface area contributed by atoms with Crippen LogP contribution in [0, 0.1) is 0 Å². The average molecular weight is 265 g/mol. The van der Waals surface area contributed by atoms with Gasteiger partial charge in [0, 0.05) is 17.5 Å². The van der Waals surface area contributed by atoms with E-state index < -0.39 is 12.0 Å². The first-order chi connectivity index (χ1) is 8.50. The van der Waals surface area contributed by atoms with Crippen LogP contribution in [-0.4, -0.2) is 28.4 Å². The molecule has 96 valence electrons. The molecule has 4 nitrogen and oxygen atoms in total. The van der Waals surface area contributed by atoms with Gasteiger partial charge in [0.05, 0.1) is 0 Å². The lowest BCUT2D eigenvalue weighted by Gasteiger charge is -2.32. The van der Waals surface area contributed by atoms with E-state index in [2.05, 4.69) is 0 Å². The van der Waals surface area contributed by atoms with Gasteiger partial charge in [-0.25, -0.2) is 4.79 Å². The van der Waals surface area contributed by atoms with Crippen molar-refractivity contribution < 1.29 is 14.7 Å². The van der Waals surface area contributed by atoms with E-state index in [9.17, 15) is 14.7 Å². The van der Waals surface area contributed by atoms with Gasteiger partial charge >= 0.3 is 5.97 Å². The zero-order chi connectivity index (χ0) is 13.3. The van der Waals surface area contributed by atoms with Crippen molar-refractivity contribution in [2.24, 2.45) is 0 Å². The standard InChI is InChI=1S/C13H15NO3S/c1-8(2)7-11(15)14-5-3-10-9(4-6-18-10)12(14)13(16)17/h4,6-7,12H,3,5H2,1-2H3,(H,16,17). The first-order valence-corrected chi connectivity index (χ1v) is 6.63. The summed E-state index contributed by atoms with van der Waals surface area (Å²) in [4.78, 5) is 26.0. The minimum atomic E-state index is -0.968. The highest BCUT2D eigenvalue weighted by Crippen LogP contribution is 2.33. The Morgan fingerprint density at radius 3 is 2.83 bits per heavy atom. The minimum Gasteiger partial charge on any atom is -0.479 e. The van der Waals surface area contributed by atoms with E-state index in [0.717, 1.165) is 22.4 Å². The second kappa shape index (κ2) is 4.94. The molecule has 1 amide bonds. The summed E-state index contributed by atoms with van der Waals surface area (Å²) < 4.78 is 0. The van der Waals surface area contributed by atoms with Gasteiger partial charge in [-0.05, 0) is 37.3 Å². The van der Waals surface area contributed by atoms with Crippen LogP contribution >= 0.6 is 11.3 Å². The third-order valence-electron chi connectivity index (χ3n) is 2.90. The van der Waals surface area contributed by atoms with Crippen molar-refractivity contribution in [1.29, 1.82) is 0 Å². The maximum Gasteiger partial charge on any atom is 0.331 e. The maximum atomic E-state index is 12.0. The number of carbonyl (C=O) groups excluding carboxylic acids is 1. The quantitative estimate of drug-likeness (QED) is 0.834. The fourth-order valence-corrected chi connectivity index (χ4v) is 3.05. The molecule has 2 rings (SSSR count). The van der Waals surface area contributed by atoms with Gasteiger partial charge in [0.2, 0.25) is 5.91 Å². The van der Waals surface area contributed by atoms with Gasteiger partial charge in [-0.15, -0.1) is 11.3 Å². The Labute approximate surface area is 110 Å². The molecule has 1 aromatic rings. The van der Waals surface area contributed by atoms with Gasteiger partial charge < -0.3 is 10.0 Å². The van der Waals surface area contributed by atoms with Crippen molar-refractivity contribution in [1.82, 2.24) is 4.90 Å². The summed E-state index contributed by atoms with van der Waals surface area (Å²) in [6.07, 6.45) is 2.23. The van der Waals surface area contributed by atoms with E-state index in [1.807, 2.05) is 19.2 Å². The summed E-state index contributed by atoms with van der Waals surface area (Å²) in [6.45, 7) is 4.12. The maximum absolute atomic E-state index is 12.0. The van der Waals surface area contributed by atoms with E-state index in [-0.39, 0.29) is 5.91 Å². The number of nitrogens with zero attached hydrogens (tertiary/aromatic N) is 1. The highest BCUT2D eigenvalue weighted by molar-refractivity contribution is 7.10. The summed E-state index contributed by atoms with van der Waals surface area (Å²) in [7, 11) is 0. The van der Waals surface area contributed by atoms with Crippen molar-refractivity contribution in [3.63, 3.8) is 0 Å². The van der Waals surface area contributed by atoms with E-state index in [4.69, 9.17) is 0 Å². The molecule has 0 radical (unpaired) electrons. The van der Waals surface area contributed by atoms with Crippen molar-refractivity contribution in [2.45, 2.75) is 26.3 Å². The molecule has 0 aromatic carbocycles. The molecule has 5 heteroatoms. The number of allylic oxidation sites excluding steroid dienone is 1. The molecule has 2 heterocycles. The van der Waals surface area contributed by atoms with E-state index in [1.165, 1.54) is 11.0 Å². The van der Waals surface area contributed by atoms with Crippen LogP contribution in [0.2, 0.25) is 0 Å². The smallest absolute Gasteiger partial charge is 0.331 e. The number of thiophene rings is 1. The Kier molecular flexibility index (Phi) is 3.52. The number of amides is 1. The van der Waals surface area contributed by atoms with Crippen LogP contribution in [0.1, 0.15) is 30.3 Å². The Balaban J connectivity index is 2.36. The summed E-state index contributed by atoms with van der Waals surface area (Å²) in [6, 6.07) is 0.962. The predicted octanol–water partition coefficient (Wildman–Crippen LogP) is 2.22. The van der Waals surface area contributed by atoms with Crippen molar-refractivity contribution in [3.05, 3.63) is 33.5 Å². The predicted molar refractivity (Wildman–Crippen MR) is 69.5 cm³/mol. The van der Waals surface area contributed by atoms with E-state index in [0.29, 0.717) is 6.54 Å². The molecule has 0 saturated carbocycles. The van der Waals surface area contributed by atoms with Crippen LogP contribution in [0.4, 0.5) is 0 Å². The first-order valence-electron chi connectivity index (χ1n) is 5.75. The van der Waals surface area contributed by atoms with Gasteiger partial charge in [-0.3, -0.25) is 4.79 Å². The molecular formula is C13H15NO3S. The number of aliphatic carboxylic acids is 1. The van der Waals surface area contributed by atoms with Gasteiger partial charge in [-0.2, -0.15) is 0 Å². The molecule has 18 heavy (non-hydrogen) atoms. The number of rotatable bonds is 2. The summed E-state index contributed by atoms with van der Waals surface area (Å²) in [5.74, 6) is -1.19. The molecule has 1 N–H and O–H groups in total. The fraction of sp³-hybridized carbons (Fsp3) is 0.385. The van der Waals surface area contributed by atoms with Gasteiger partial charge in [0.15, 0.2) is 6.04 Å². The zero-order valence-electron chi connectivity index (χ0n) is 10.3. The molecule has 0 bridgehead atoms. The summed E-state index contributed by atoms with van der Waals surface area (Å²) >= 11 is 1.56. The molecule has 0 fully saturated rings. The molecule has 0 saturated heterocycles. The number of hydrogen-bond donors (Lipinski definition) is 1. The van der Waals surface area contributed by atoms with E-state index in [1.54, 1.807) is 17.4 Å². The molecule has 1 aromatic heterocycles.